The molecule has 2 atom stereocenters. The molecule has 0 unspecified atom stereocenters. The number of ether oxygens (including phenoxy) is 1. The average molecular weight is 299 g/mol. The van der Waals surface area contributed by atoms with Crippen molar-refractivity contribution in [3.05, 3.63) is 59.2 Å². The second-order valence-corrected chi connectivity index (χ2v) is 5.91. The van der Waals surface area contributed by atoms with Gasteiger partial charge in [0.1, 0.15) is 17.1 Å². The van der Waals surface area contributed by atoms with Gasteiger partial charge in [0, 0.05) is 18.5 Å². The molecule has 22 heavy (non-hydrogen) atoms. The van der Waals surface area contributed by atoms with Gasteiger partial charge in [0.2, 0.25) is 0 Å². The summed E-state index contributed by atoms with van der Waals surface area (Å²) >= 11 is 0. The Kier molecular flexibility index (Phi) is 3.81. The molecule has 3 N–H and O–H groups in total. The van der Waals surface area contributed by atoms with Crippen LogP contribution in [0.2, 0.25) is 0 Å². The third-order valence-electron chi connectivity index (χ3n) is 4.31. The van der Waals surface area contributed by atoms with E-state index in [0.29, 0.717) is 24.3 Å². The van der Waals surface area contributed by atoms with Crippen LogP contribution in [0.25, 0.3) is 0 Å². The van der Waals surface area contributed by atoms with Crippen LogP contribution in [0.1, 0.15) is 22.8 Å². The zero-order valence-electron chi connectivity index (χ0n) is 12.8. The summed E-state index contributed by atoms with van der Waals surface area (Å²) in [4.78, 5) is 0. The lowest BCUT2D eigenvalue weighted by Gasteiger charge is -2.31. The Balaban J connectivity index is 2.00. The number of benzene rings is 2. The Morgan fingerprint density at radius 3 is 2.77 bits per heavy atom. The zero-order valence-corrected chi connectivity index (χ0v) is 12.8. The van der Waals surface area contributed by atoms with E-state index < -0.39 is 11.7 Å². The van der Waals surface area contributed by atoms with Crippen LogP contribution in [-0.2, 0) is 6.42 Å². The van der Waals surface area contributed by atoms with Crippen molar-refractivity contribution in [2.75, 3.05) is 13.6 Å². The molecule has 0 radical (unpaired) electrons. The molecule has 0 aromatic heterocycles. The van der Waals surface area contributed by atoms with Crippen molar-refractivity contribution in [3.63, 3.8) is 0 Å². The standard InChI is InChI=1S/C18H21NO3/c1-12-15(20)8-5-9-16(12)22-17-14-7-4-3-6-13(14)10-18(17,21)11-19-2/h3-9,17,19-21H,10-11H2,1-2H3/t17-,18+/m1/s1. The van der Waals surface area contributed by atoms with Crippen LogP contribution in [0.5, 0.6) is 11.5 Å². The topological polar surface area (TPSA) is 61.7 Å². The van der Waals surface area contributed by atoms with Gasteiger partial charge in [0.25, 0.3) is 0 Å². The predicted octanol–water partition coefficient (Wildman–Crippen LogP) is 2.33. The molecule has 4 nitrogen and oxygen atoms in total. The monoisotopic (exact) mass is 299 g/mol. The third-order valence-corrected chi connectivity index (χ3v) is 4.31. The molecule has 0 heterocycles. The summed E-state index contributed by atoms with van der Waals surface area (Å²) in [7, 11) is 1.82. The van der Waals surface area contributed by atoms with Gasteiger partial charge in [-0.05, 0) is 37.2 Å². The van der Waals surface area contributed by atoms with Crippen LogP contribution < -0.4 is 10.1 Å². The lowest BCUT2D eigenvalue weighted by atomic mass is 9.97. The maximum atomic E-state index is 11.0. The van der Waals surface area contributed by atoms with E-state index in [2.05, 4.69) is 5.32 Å². The molecule has 0 amide bonds. The van der Waals surface area contributed by atoms with Crippen LogP contribution in [0.4, 0.5) is 0 Å². The van der Waals surface area contributed by atoms with Crippen molar-refractivity contribution in [2.24, 2.45) is 0 Å². The first kappa shape index (κ1) is 14.9. The molecular formula is C18H21NO3. The van der Waals surface area contributed by atoms with Gasteiger partial charge in [0.15, 0.2) is 6.10 Å². The van der Waals surface area contributed by atoms with Gasteiger partial charge < -0.3 is 20.3 Å². The highest BCUT2D eigenvalue weighted by Gasteiger charge is 2.46. The summed E-state index contributed by atoms with van der Waals surface area (Å²) in [6.07, 6.45) is 0.0867. The normalized spacial score (nSPS) is 23.3. The molecular weight excluding hydrogens is 278 g/mol. The Hall–Kier alpha value is -2.04. The average Bonchev–Trinajstić information content (AvgIpc) is 2.76. The molecule has 0 spiro atoms. The Morgan fingerprint density at radius 2 is 2.00 bits per heavy atom. The molecule has 0 fully saturated rings. The number of hydrogen-bond acceptors (Lipinski definition) is 4. The molecule has 1 aliphatic carbocycles. The molecule has 1 aliphatic rings. The number of likely N-dealkylation sites (N-methyl/N-ethyl adjacent to an activating group) is 1. The number of nitrogens with one attached hydrogen (secondary N) is 1. The largest absolute Gasteiger partial charge is 0.508 e. The van der Waals surface area contributed by atoms with Crippen LogP contribution in [0.3, 0.4) is 0 Å². The minimum Gasteiger partial charge on any atom is -0.508 e. The number of fused-ring (bicyclic) bond motifs is 1. The van der Waals surface area contributed by atoms with Gasteiger partial charge in [-0.15, -0.1) is 0 Å². The summed E-state index contributed by atoms with van der Waals surface area (Å²) in [6.45, 7) is 2.24. The fraction of sp³-hybridized carbons (Fsp3) is 0.333. The molecule has 0 saturated heterocycles. The van der Waals surface area contributed by atoms with Crippen molar-refractivity contribution in [2.45, 2.75) is 25.0 Å². The molecule has 3 rings (SSSR count). The van der Waals surface area contributed by atoms with Crippen LogP contribution >= 0.6 is 0 Å². The summed E-state index contributed by atoms with van der Waals surface area (Å²) in [5.41, 5.74) is 1.78. The predicted molar refractivity (Wildman–Crippen MR) is 85.2 cm³/mol. The molecule has 116 valence electrons. The minimum absolute atomic E-state index is 0.195. The number of phenols is 1. The van der Waals surface area contributed by atoms with E-state index in [-0.39, 0.29) is 5.75 Å². The van der Waals surface area contributed by atoms with Gasteiger partial charge in [-0.3, -0.25) is 0 Å². The molecule has 2 aromatic rings. The van der Waals surface area contributed by atoms with Gasteiger partial charge in [-0.2, -0.15) is 0 Å². The highest BCUT2D eigenvalue weighted by Crippen LogP contribution is 2.43. The van der Waals surface area contributed by atoms with E-state index in [1.54, 1.807) is 12.1 Å². The number of hydrogen-bond donors (Lipinski definition) is 3. The number of aromatic hydroxyl groups is 1. The van der Waals surface area contributed by atoms with Gasteiger partial charge >= 0.3 is 0 Å². The summed E-state index contributed by atoms with van der Waals surface area (Å²) in [5.74, 6) is 0.789. The third kappa shape index (κ3) is 2.45. The van der Waals surface area contributed by atoms with Crippen LogP contribution in [0, 0.1) is 6.92 Å². The SMILES string of the molecule is CNC[C@@]1(O)Cc2ccccc2[C@H]1Oc1cccc(O)c1C. The minimum atomic E-state index is -1.00. The highest BCUT2D eigenvalue weighted by atomic mass is 16.5. The van der Waals surface area contributed by atoms with E-state index in [1.807, 2.05) is 44.3 Å². The quantitative estimate of drug-likeness (QED) is 0.811. The first-order valence-electron chi connectivity index (χ1n) is 7.45. The lowest BCUT2D eigenvalue weighted by Crippen LogP contribution is -2.45. The van der Waals surface area contributed by atoms with E-state index in [4.69, 9.17) is 4.74 Å². The van der Waals surface area contributed by atoms with Gasteiger partial charge in [0.05, 0.1) is 0 Å². The van der Waals surface area contributed by atoms with Crippen molar-refractivity contribution in [3.8, 4) is 11.5 Å². The fourth-order valence-electron chi connectivity index (χ4n) is 3.15. The second kappa shape index (κ2) is 5.63. The lowest BCUT2D eigenvalue weighted by molar-refractivity contribution is -0.0487. The van der Waals surface area contributed by atoms with Crippen LogP contribution in [-0.4, -0.2) is 29.4 Å². The first-order valence-corrected chi connectivity index (χ1v) is 7.45. The smallest absolute Gasteiger partial charge is 0.154 e. The molecule has 0 aliphatic heterocycles. The number of aliphatic hydroxyl groups is 1. The Morgan fingerprint density at radius 1 is 1.23 bits per heavy atom. The Bertz CT molecular complexity index is 686. The van der Waals surface area contributed by atoms with Gasteiger partial charge in [-0.1, -0.05) is 30.3 Å². The maximum Gasteiger partial charge on any atom is 0.154 e. The van der Waals surface area contributed by atoms with E-state index >= 15 is 0 Å². The highest BCUT2D eigenvalue weighted by molar-refractivity contribution is 5.45. The van der Waals surface area contributed by atoms with E-state index in [9.17, 15) is 10.2 Å². The molecule has 4 heteroatoms. The number of phenolic OH excluding ortho intramolecular Hbond substituents is 1. The van der Waals surface area contributed by atoms with Crippen molar-refractivity contribution >= 4 is 0 Å². The second-order valence-electron chi connectivity index (χ2n) is 5.91. The number of rotatable bonds is 4. The van der Waals surface area contributed by atoms with Crippen molar-refractivity contribution in [1.82, 2.24) is 5.32 Å². The summed E-state index contributed by atoms with van der Waals surface area (Å²) in [6, 6.07) is 13.1. The zero-order chi connectivity index (χ0) is 15.7. The van der Waals surface area contributed by atoms with Gasteiger partial charge in [-0.25, -0.2) is 0 Å². The molecule has 0 saturated carbocycles. The summed E-state index contributed by atoms with van der Waals surface area (Å²) < 4.78 is 6.13. The van der Waals surface area contributed by atoms with E-state index in [1.165, 1.54) is 0 Å². The molecule has 2 aromatic carbocycles. The maximum absolute atomic E-state index is 11.0. The molecule has 0 bridgehead atoms. The van der Waals surface area contributed by atoms with Crippen molar-refractivity contribution < 1.29 is 14.9 Å². The van der Waals surface area contributed by atoms with Crippen LogP contribution in [0.15, 0.2) is 42.5 Å². The first-order chi connectivity index (χ1) is 10.5. The van der Waals surface area contributed by atoms with E-state index in [0.717, 1.165) is 11.1 Å². The fourth-order valence-corrected chi connectivity index (χ4v) is 3.15. The van der Waals surface area contributed by atoms with Crippen molar-refractivity contribution in [1.29, 1.82) is 0 Å². The summed E-state index contributed by atoms with van der Waals surface area (Å²) in [5, 5.41) is 23.9. The Labute approximate surface area is 130 Å².